The monoisotopic (exact) mass is 354 g/mol. The van der Waals surface area contributed by atoms with Crippen molar-refractivity contribution < 1.29 is 20.1 Å². The summed E-state index contributed by atoms with van der Waals surface area (Å²) in [6.45, 7) is -0.385. The van der Waals surface area contributed by atoms with Crippen molar-refractivity contribution in [3.05, 3.63) is 17.5 Å². The standard InChI is InChI=1S/C15H19ClN4O4/c16-10-4-8(18-7-2-1-3-7)11-14(19-10)20(6-17-11)15-13(23)12(22)9(5-21)24-15/h4,6-7,9,12-13,15,21-23H,1-3,5H2,(H,18,19)/t9-,12?,13?,15-/m1/s1. The second kappa shape index (κ2) is 6.12. The molecular weight excluding hydrogens is 336 g/mol. The molecule has 2 fully saturated rings. The normalized spacial score (nSPS) is 30.7. The lowest BCUT2D eigenvalue weighted by molar-refractivity contribution is -0.0511. The van der Waals surface area contributed by atoms with Crippen LogP contribution in [0.25, 0.3) is 11.2 Å². The first-order valence-electron chi connectivity index (χ1n) is 8.00. The number of aliphatic hydroxyl groups excluding tert-OH is 3. The fourth-order valence-electron chi connectivity index (χ4n) is 3.15. The molecule has 9 heteroatoms. The Balaban J connectivity index is 1.72. The average molecular weight is 355 g/mol. The molecule has 0 amide bonds. The molecule has 4 N–H and O–H groups in total. The van der Waals surface area contributed by atoms with E-state index in [-0.39, 0.29) is 6.61 Å². The van der Waals surface area contributed by atoms with Gasteiger partial charge in [-0.3, -0.25) is 4.57 Å². The number of pyridine rings is 1. The molecule has 8 nitrogen and oxygen atoms in total. The number of fused-ring (bicyclic) bond motifs is 1. The number of nitrogens with zero attached hydrogens (tertiary/aromatic N) is 3. The third kappa shape index (κ3) is 2.55. The molecule has 4 rings (SSSR count). The summed E-state index contributed by atoms with van der Waals surface area (Å²) in [4.78, 5) is 8.66. The van der Waals surface area contributed by atoms with Gasteiger partial charge in [0.15, 0.2) is 11.9 Å². The third-order valence-electron chi connectivity index (χ3n) is 4.75. The molecule has 1 saturated carbocycles. The number of aliphatic hydroxyl groups is 3. The number of rotatable bonds is 4. The molecule has 1 aliphatic carbocycles. The van der Waals surface area contributed by atoms with Crippen LogP contribution in [0, 0.1) is 0 Å². The number of halogens is 1. The van der Waals surface area contributed by atoms with Crippen LogP contribution in [0.2, 0.25) is 5.15 Å². The predicted octanol–water partition coefficient (Wildman–Crippen LogP) is 0.661. The van der Waals surface area contributed by atoms with Gasteiger partial charge in [0.1, 0.15) is 29.0 Å². The number of nitrogens with one attached hydrogen (secondary N) is 1. The van der Waals surface area contributed by atoms with Crippen LogP contribution in [-0.2, 0) is 4.74 Å². The minimum absolute atomic E-state index is 0.304. The summed E-state index contributed by atoms with van der Waals surface area (Å²) in [5.74, 6) is 0. The molecule has 0 radical (unpaired) electrons. The molecule has 2 aliphatic rings. The SMILES string of the molecule is OC[C@H]1O[C@@H](n2cnc3c(NC4CCC4)cc(Cl)nc32)C(O)C1O. The first-order chi connectivity index (χ1) is 11.6. The highest BCUT2D eigenvalue weighted by molar-refractivity contribution is 6.30. The number of hydrogen-bond donors (Lipinski definition) is 4. The third-order valence-corrected chi connectivity index (χ3v) is 4.95. The largest absolute Gasteiger partial charge is 0.394 e. The first kappa shape index (κ1) is 16.0. The quantitative estimate of drug-likeness (QED) is 0.596. The Labute approximate surface area is 143 Å². The van der Waals surface area contributed by atoms with Crippen molar-refractivity contribution in [2.75, 3.05) is 11.9 Å². The minimum atomic E-state index is -1.19. The van der Waals surface area contributed by atoms with Crippen molar-refractivity contribution in [2.24, 2.45) is 0 Å². The molecule has 2 unspecified atom stereocenters. The maximum absolute atomic E-state index is 10.2. The van der Waals surface area contributed by atoms with E-state index in [2.05, 4.69) is 15.3 Å². The number of aromatic nitrogens is 3. The molecule has 0 aromatic carbocycles. The van der Waals surface area contributed by atoms with Gasteiger partial charge in [0.05, 0.1) is 18.6 Å². The predicted molar refractivity (Wildman–Crippen MR) is 86.8 cm³/mol. The van der Waals surface area contributed by atoms with Crippen LogP contribution in [0.4, 0.5) is 5.69 Å². The summed E-state index contributed by atoms with van der Waals surface area (Å²) in [6, 6.07) is 2.14. The lowest BCUT2D eigenvalue weighted by Crippen LogP contribution is -2.33. The van der Waals surface area contributed by atoms with Crippen molar-refractivity contribution in [1.82, 2.24) is 14.5 Å². The fraction of sp³-hybridized carbons (Fsp3) is 0.600. The Morgan fingerprint density at radius 2 is 2.12 bits per heavy atom. The van der Waals surface area contributed by atoms with Crippen LogP contribution in [0.5, 0.6) is 0 Å². The second-order valence-electron chi connectivity index (χ2n) is 6.32. The molecule has 1 aliphatic heterocycles. The zero-order valence-electron chi connectivity index (χ0n) is 12.8. The maximum atomic E-state index is 10.2. The van der Waals surface area contributed by atoms with E-state index in [4.69, 9.17) is 16.3 Å². The molecule has 2 aromatic rings. The topological polar surface area (TPSA) is 113 Å². The number of hydrogen-bond acceptors (Lipinski definition) is 7. The number of ether oxygens (including phenoxy) is 1. The van der Waals surface area contributed by atoms with Crippen molar-refractivity contribution >= 4 is 28.5 Å². The highest BCUT2D eigenvalue weighted by Gasteiger charge is 2.44. The van der Waals surface area contributed by atoms with Crippen LogP contribution < -0.4 is 5.32 Å². The van der Waals surface area contributed by atoms with E-state index < -0.39 is 24.5 Å². The van der Waals surface area contributed by atoms with E-state index in [1.165, 1.54) is 17.3 Å². The van der Waals surface area contributed by atoms with Gasteiger partial charge in [-0.25, -0.2) is 9.97 Å². The number of anilines is 1. The first-order valence-corrected chi connectivity index (χ1v) is 8.38. The molecular formula is C15H19ClN4O4. The van der Waals surface area contributed by atoms with Crippen LogP contribution >= 0.6 is 11.6 Å². The Morgan fingerprint density at radius 3 is 2.75 bits per heavy atom. The molecule has 24 heavy (non-hydrogen) atoms. The highest BCUT2D eigenvalue weighted by atomic mass is 35.5. The summed E-state index contributed by atoms with van der Waals surface area (Å²) in [5.41, 5.74) is 1.88. The van der Waals surface area contributed by atoms with Crippen molar-refractivity contribution in [3.8, 4) is 0 Å². The minimum Gasteiger partial charge on any atom is -0.394 e. The molecule has 130 valence electrons. The van der Waals surface area contributed by atoms with E-state index in [9.17, 15) is 15.3 Å². The van der Waals surface area contributed by atoms with Gasteiger partial charge in [-0.05, 0) is 19.3 Å². The fourth-order valence-corrected chi connectivity index (χ4v) is 3.34. The van der Waals surface area contributed by atoms with Gasteiger partial charge in [0.25, 0.3) is 0 Å². The average Bonchev–Trinajstić information content (AvgIpc) is 3.05. The van der Waals surface area contributed by atoms with E-state index in [1.54, 1.807) is 6.07 Å². The Morgan fingerprint density at radius 1 is 1.33 bits per heavy atom. The molecule has 2 aromatic heterocycles. The van der Waals surface area contributed by atoms with Gasteiger partial charge >= 0.3 is 0 Å². The summed E-state index contributed by atoms with van der Waals surface area (Å²) in [5, 5.41) is 33.1. The van der Waals surface area contributed by atoms with Crippen LogP contribution in [0.3, 0.4) is 0 Å². The zero-order chi connectivity index (χ0) is 16.8. The van der Waals surface area contributed by atoms with Crippen molar-refractivity contribution in [2.45, 2.75) is 49.8 Å². The highest BCUT2D eigenvalue weighted by Crippen LogP contribution is 2.34. The lowest BCUT2D eigenvalue weighted by Gasteiger charge is -2.27. The number of imidazole rings is 1. The van der Waals surface area contributed by atoms with Crippen LogP contribution in [0.15, 0.2) is 12.4 Å². The molecule has 0 bridgehead atoms. The van der Waals surface area contributed by atoms with Crippen molar-refractivity contribution in [1.29, 1.82) is 0 Å². The molecule has 3 heterocycles. The summed E-state index contributed by atoms with van der Waals surface area (Å²) in [7, 11) is 0. The molecule has 4 atom stereocenters. The lowest BCUT2D eigenvalue weighted by atomic mass is 9.93. The van der Waals surface area contributed by atoms with Gasteiger partial charge < -0.3 is 25.4 Å². The van der Waals surface area contributed by atoms with Gasteiger partial charge in [0, 0.05) is 12.1 Å². The van der Waals surface area contributed by atoms with Gasteiger partial charge in [-0.1, -0.05) is 11.6 Å². The summed E-state index contributed by atoms with van der Waals surface area (Å²) >= 11 is 6.14. The summed E-state index contributed by atoms with van der Waals surface area (Å²) in [6.07, 6.45) is 0.816. The maximum Gasteiger partial charge on any atom is 0.165 e. The zero-order valence-corrected chi connectivity index (χ0v) is 13.6. The Hall–Kier alpha value is -1.45. The Bertz CT molecular complexity index is 750. The van der Waals surface area contributed by atoms with E-state index in [0.29, 0.717) is 22.4 Å². The Kier molecular flexibility index (Phi) is 4.09. The summed E-state index contributed by atoms with van der Waals surface area (Å²) < 4.78 is 7.09. The van der Waals surface area contributed by atoms with E-state index in [0.717, 1.165) is 18.5 Å². The van der Waals surface area contributed by atoms with Gasteiger partial charge in [-0.2, -0.15) is 0 Å². The van der Waals surface area contributed by atoms with Gasteiger partial charge in [0.2, 0.25) is 0 Å². The molecule has 1 saturated heterocycles. The van der Waals surface area contributed by atoms with Crippen LogP contribution in [0.1, 0.15) is 25.5 Å². The van der Waals surface area contributed by atoms with Crippen LogP contribution in [-0.4, -0.2) is 60.8 Å². The van der Waals surface area contributed by atoms with E-state index in [1.807, 2.05) is 0 Å². The smallest absolute Gasteiger partial charge is 0.165 e. The van der Waals surface area contributed by atoms with Crippen molar-refractivity contribution in [3.63, 3.8) is 0 Å². The van der Waals surface area contributed by atoms with E-state index >= 15 is 0 Å². The second-order valence-corrected chi connectivity index (χ2v) is 6.70. The molecule has 0 spiro atoms. The van der Waals surface area contributed by atoms with Gasteiger partial charge in [-0.15, -0.1) is 0 Å².